The third kappa shape index (κ3) is 2.40. The fourth-order valence-electron chi connectivity index (χ4n) is 1.70. The number of aromatic nitrogens is 2. The lowest BCUT2D eigenvalue weighted by atomic mass is 10.3. The van der Waals surface area contributed by atoms with Crippen LogP contribution in [-0.2, 0) is 11.3 Å². The maximum absolute atomic E-state index is 13.5. The maximum atomic E-state index is 13.5. The summed E-state index contributed by atoms with van der Waals surface area (Å²) in [7, 11) is 0. The molecule has 1 amide bonds. The van der Waals surface area contributed by atoms with Gasteiger partial charge >= 0.3 is 0 Å². The summed E-state index contributed by atoms with van der Waals surface area (Å²) in [4.78, 5) is 15.7. The molecule has 0 spiro atoms. The summed E-state index contributed by atoms with van der Waals surface area (Å²) in [5.41, 5.74) is 6.86. The van der Waals surface area contributed by atoms with Crippen molar-refractivity contribution in [2.45, 2.75) is 13.5 Å². The van der Waals surface area contributed by atoms with E-state index in [1.54, 1.807) is 6.07 Å². The standard InChI is InChI=1S/C11H12FIN4O/c1-2-15-10(18)5-17-9-3-6(12)7(13)4-8(9)16-11(17)14/h3-4H,2,5H2,1H3,(H2,14,16)(H,15,18). The van der Waals surface area contributed by atoms with Crippen LogP contribution in [0, 0.1) is 9.39 Å². The molecule has 0 aliphatic carbocycles. The predicted molar refractivity (Wildman–Crippen MR) is 75.5 cm³/mol. The number of rotatable bonds is 3. The van der Waals surface area contributed by atoms with Gasteiger partial charge in [-0.1, -0.05) is 0 Å². The van der Waals surface area contributed by atoms with E-state index in [2.05, 4.69) is 10.3 Å². The lowest BCUT2D eigenvalue weighted by Crippen LogP contribution is -2.27. The Morgan fingerprint density at radius 2 is 2.33 bits per heavy atom. The number of fused-ring (bicyclic) bond motifs is 1. The second-order valence-electron chi connectivity index (χ2n) is 3.76. The van der Waals surface area contributed by atoms with Gasteiger partial charge in [0.2, 0.25) is 11.9 Å². The summed E-state index contributed by atoms with van der Waals surface area (Å²) in [5.74, 6) is -0.319. The summed E-state index contributed by atoms with van der Waals surface area (Å²) in [5, 5.41) is 2.66. The Hall–Kier alpha value is -1.38. The number of amides is 1. The molecule has 0 saturated heterocycles. The van der Waals surface area contributed by atoms with Gasteiger partial charge in [-0.25, -0.2) is 9.37 Å². The highest BCUT2D eigenvalue weighted by Crippen LogP contribution is 2.22. The van der Waals surface area contributed by atoms with Crippen LogP contribution in [0.2, 0.25) is 0 Å². The molecule has 5 nitrogen and oxygen atoms in total. The smallest absolute Gasteiger partial charge is 0.240 e. The van der Waals surface area contributed by atoms with Crippen LogP contribution in [0.25, 0.3) is 11.0 Å². The fourth-order valence-corrected chi connectivity index (χ4v) is 2.15. The van der Waals surface area contributed by atoms with E-state index in [1.807, 2.05) is 29.5 Å². The molecule has 0 saturated carbocycles. The number of carbonyl (C=O) groups excluding carboxylic acids is 1. The highest BCUT2D eigenvalue weighted by Gasteiger charge is 2.13. The third-order valence-electron chi connectivity index (χ3n) is 2.50. The van der Waals surface area contributed by atoms with Gasteiger partial charge in [-0.3, -0.25) is 4.79 Å². The highest BCUT2D eigenvalue weighted by atomic mass is 127. The Kier molecular flexibility index (Phi) is 3.69. The first-order chi connectivity index (χ1) is 8.52. The molecular formula is C11H12FIN4O. The summed E-state index contributed by atoms with van der Waals surface area (Å²) in [6.45, 7) is 2.41. The zero-order valence-corrected chi connectivity index (χ0v) is 11.9. The van der Waals surface area contributed by atoms with Gasteiger partial charge in [0.05, 0.1) is 14.6 Å². The van der Waals surface area contributed by atoms with Crippen molar-refractivity contribution < 1.29 is 9.18 Å². The topological polar surface area (TPSA) is 72.9 Å². The second kappa shape index (κ2) is 5.09. The van der Waals surface area contributed by atoms with Gasteiger partial charge in [0.1, 0.15) is 12.4 Å². The van der Waals surface area contributed by atoms with E-state index in [1.165, 1.54) is 10.6 Å². The molecule has 0 aliphatic rings. The van der Waals surface area contributed by atoms with Crippen LogP contribution in [-0.4, -0.2) is 22.0 Å². The third-order valence-corrected chi connectivity index (χ3v) is 3.32. The van der Waals surface area contributed by atoms with Crippen molar-refractivity contribution >= 4 is 45.5 Å². The van der Waals surface area contributed by atoms with Crippen molar-refractivity contribution in [2.24, 2.45) is 0 Å². The fraction of sp³-hybridized carbons (Fsp3) is 0.273. The first kappa shape index (κ1) is 13.1. The van der Waals surface area contributed by atoms with Gasteiger partial charge in [0.25, 0.3) is 0 Å². The number of hydrogen-bond acceptors (Lipinski definition) is 3. The number of anilines is 1. The molecule has 0 aliphatic heterocycles. The summed E-state index contributed by atoms with van der Waals surface area (Å²) in [6.07, 6.45) is 0. The lowest BCUT2D eigenvalue weighted by molar-refractivity contribution is -0.121. The number of benzene rings is 1. The van der Waals surface area contributed by atoms with Gasteiger partial charge in [-0.05, 0) is 35.6 Å². The van der Waals surface area contributed by atoms with Gasteiger partial charge < -0.3 is 15.6 Å². The van der Waals surface area contributed by atoms with E-state index >= 15 is 0 Å². The van der Waals surface area contributed by atoms with Crippen LogP contribution in [0.5, 0.6) is 0 Å². The van der Waals surface area contributed by atoms with E-state index in [9.17, 15) is 9.18 Å². The lowest BCUT2D eigenvalue weighted by Gasteiger charge is -2.06. The second-order valence-corrected chi connectivity index (χ2v) is 4.93. The van der Waals surface area contributed by atoms with E-state index < -0.39 is 0 Å². The summed E-state index contributed by atoms with van der Waals surface area (Å²) >= 11 is 1.89. The van der Waals surface area contributed by atoms with Crippen LogP contribution in [0.15, 0.2) is 12.1 Å². The Morgan fingerprint density at radius 1 is 1.61 bits per heavy atom. The zero-order valence-electron chi connectivity index (χ0n) is 9.70. The number of imidazole rings is 1. The Labute approximate surface area is 117 Å². The van der Waals surface area contributed by atoms with E-state index in [4.69, 9.17) is 5.73 Å². The van der Waals surface area contributed by atoms with Crippen LogP contribution in [0.1, 0.15) is 6.92 Å². The number of hydrogen-bond donors (Lipinski definition) is 2. The van der Waals surface area contributed by atoms with Crippen LogP contribution in [0.4, 0.5) is 10.3 Å². The molecule has 1 aromatic carbocycles. The number of nitrogens with zero attached hydrogens (tertiary/aromatic N) is 2. The zero-order chi connectivity index (χ0) is 13.3. The Morgan fingerprint density at radius 3 is 3.00 bits per heavy atom. The van der Waals surface area contributed by atoms with Crippen LogP contribution in [0.3, 0.4) is 0 Å². The normalized spacial score (nSPS) is 10.8. The van der Waals surface area contributed by atoms with Crippen molar-refractivity contribution in [1.82, 2.24) is 14.9 Å². The van der Waals surface area contributed by atoms with Crippen molar-refractivity contribution in [3.8, 4) is 0 Å². The molecule has 0 unspecified atom stereocenters. The minimum Gasteiger partial charge on any atom is -0.369 e. The molecule has 0 radical (unpaired) electrons. The van der Waals surface area contributed by atoms with Crippen molar-refractivity contribution in [1.29, 1.82) is 0 Å². The molecule has 96 valence electrons. The van der Waals surface area contributed by atoms with Gasteiger partial charge in [-0.15, -0.1) is 0 Å². The molecular weight excluding hydrogens is 350 g/mol. The molecule has 18 heavy (non-hydrogen) atoms. The van der Waals surface area contributed by atoms with E-state index in [0.29, 0.717) is 21.1 Å². The summed E-state index contributed by atoms with van der Waals surface area (Å²) in [6, 6.07) is 2.95. The average Bonchev–Trinajstić information content (AvgIpc) is 2.57. The van der Waals surface area contributed by atoms with Crippen LogP contribution < -0.4 is 11.1 Å². The molecule has 0 atom stereocenters. The van der Waals surface area contributed by atoms with Crippen molar-refractivity contribution in [3.05, 3.63) is 21.5 Å². The monoisotopic (exact) mass is 362 g/mol. The Balaban J connectivity index is 2.46. The number of halogens is 2. The van der Waals surface area contributed by atoms with E-state index in [0.717, 1.165) is 0 Å². The average molecular weight is 362 g/mol. The first-order valence-corrected chi connectivity index (χ1v) is 6.48. The largest absolute Gasteiger partial charge is 0.369 e. The minimum absolute atomic E-state index is 0.0379. The molecule has 1 aromatic heterocycles. The van der Waals surface area contributed by atoms with E-state index in [-0.39, 0.29) is 24.2 Å². The molecule has 2 rings (SSSR count). The number of nitrogens with two attached hydrogens (primary N) is 1. The van der Waals surface area contributed by atoms with Gasteiger partial charge in [0.15, 0.2) is 0 Å². The van der Waals surface area contributed by atoms with Crippen molar-refractivity contribution in [2.75, 3.05) is 12.3 Å². The first-order valence-electron chi connectivity index (χ1n) is 5.40. The number of nitrogens with one attached hydrogen (secondary N) is 1. The molecule has 3 N–H and O–H groups in total. The van der Waals surface area contributed by atoms with Gasteiger partial charge in [-0.2, -0.15) is 0 Å². The Bertz CT molecular complexity index is 611. The molecule has 2 aromatic rings. The van der Waals surface area contributed by atoms with Gasteiger partial charge in [0, 0.05) is 12.6 Å². The maximum Gasteiger partial charge on any atom is 0.240 e. The predicted octanol–water partition coefficient (Wildman–Crippen LogP) is 1.50. The summed E-state index contributed by atoms with van der Waals surface area (Å²) < 4.78 is 15.5. The molecule has 7 heteroatoms. The SMILES string of the molecule is CCNC(=O)Cn1c(N)nc2cc(I)c(F)cc21. The molecule has 1 heterocycles. The molecule has 0 bridgehead atoms. The quantitative estimate of drug-likeness (QED) is 0.813. The minimum atomic E-state index is -0.347. The highest BCUT2D eigenvalue weighted by molar-refractivity contribution is 14.1. The number of carbonyl (C=O) groups is 1. The molecule has 0 fully saturated rings. The van der Waals surface area contributed by atoms with Crippen molar-refractivity contribution in [3.63, 3.8) is 0 Å². The van der Waals surface area contributed by atoms with Crippen LogP contribution >= 0.6 is 22.6 Å². The number of likely N-dealkylation sites (N-methyl/N-ethyl adjacent to an activating group) is 1. The number of nitrogen functional groups attached to an aromatic ring is 1.